The van der Waals surface area contributed by atoms with Crippen molar-refractivity contribution in [2.45, 2.75) is 32.7 Å². The van der Waals surface area contributed by atoms with E-state index < -0.39 is 0 Å². The number of aryl methyl sites for hydroxylation is 1. The van der Waals surface area contributed by atoms with Gasteiger partial charge in [-0.25, -0.2) is 0 Å². The SMILES string of the molecule is CCc1ccc(C2=CCC(=O)N(CCC(=O)NCc3ccco3)N2)cc1. The highest BCUT2D eigenvalue weighted by atomic mass is 16.3. The number of benzene rings is 1. The van der Waals surface area contributed by atoms with Crippen LogP contribution in [-0.2, 0) is 22.6 Å². The van der Waals surface area contributed by atoms with Crippen molar-refractivity contribution in [3.63, 3.8) is 0 Å². The van der Waals surface area contributed by atoms with Crippen LogP contribution in [0.3, 0.4) is 0 Å². The molecule has 0 atom stereocenters. The molecule has 136 valence electrons. The van der Waals surface area contributed by atoms with Gasteiger partial charge in [-0.1, -0.05) is 31.2 Å². The van der Waals surface area contributed by atoms with Crippen molar-refractivity contribution in [1.82, 2.24) is 15.8 Å². The maximum Gasteiger partial charge on any atom is 0.244 e. The van der Waals surface area contributed by atoms with Crippen LogP contribution in [0.15, 0.2) is 53.2 Å². The zero-order valence-corrected chi connectivity index (χ0v) is 14.8. The molecule has 1 aliphatic heterocycles. The highest BCUT2D eigenvalue weighted by Crippen LogP contribution is 2.18. The summed E-state index contributed by atoms with van der Waals surface area (Å²) in [5, 5.41) is 4.29. The van der Waals surface area contributed by atoms with Gasteiger partial charge in [0.2, 0.25) is 11.8 Å². The minimum Gasteiger partial charge on any atom is -0.467 e. The highest BCUT2D eigenvalue weighted by molar-refractivity contribution is 5.84. The van der Waals surface area contributed by atoms with Crippen LogP contribution in [-0.4, -0.2) is 23.4 Å². The summed E-state index contributed by atoms with van der Waals surface area (Å²) in [6, 6.07) is 11.8. The lowest BCUT2D eigenvalue weighted by molar-refractivity contribution is -0.133. The van der Waals surface area contributed by atoms with Gasteiger partial charge in [0.25, 0.3) is 0 Å². The molecule has 6 heteroatoms. The first-order valence-corrected chi connectivity index (χ1v) is 8.81. The number of hydrogen-bond acceptors (Lipinski definition) is 4. The maximum atomic E-state index is 12.1. The summed E-state index contributed by atoms with van der Waals surface area (Å²) >= 11 is 0. The summed E-state index contributed by atoms with van der Waals surface area (Å²) in [7, 11) is 0. The van der Waals surface area contributed by atoms with E-state index in [1.807, 2.05) is 18.2 Å². The Bertz CT molecular complexity index is 779. The highest BCUT2D eigenvalue weighted by Gasteiger charge is 2.20. The Hall–Kier alpha value is -3.02. The van der Waals surface area contributed by atoms with E-state index in [1.165, 1.54) is 10.6 Å². The van der Waals surface area contributed by atoms with Crippen LogP contribution in [0.1, 0.15) is 36.7 Å². The topological polar surface area (TPSA) is 74.6 Å². The van der Waals surface area contributed by atoms with Gasteiger partial charge in [-0.3, -0.25) is 20.0 Å². The third kappa shape index (κ3) is 4.53. The number of furan rings is 1. The molecular formula is C20H23N3O3. The van der Waals surface area contributed by atoms with E-state index in [9.17, 15) is 9.59 Å². The van der Waals surface area contributed by atoms with Crippen LogP contribution in [0.2, 0.25) is 0 Å². The van der Waals surface area contributed by atoms with Crippen molar-refractivity contribution in [3.8, 4) is 0 Å². The Kier molecular flexibility index (Phi) is 5.73. The molecule has 0 bridgehead atoms. The Balaban J connectivity index is 1.52. The zero-order chi connectivity index (χ0) is 18.4. The molecule has 0 saturated carbocycles. The molecule has 0 unspecified atom stereocenters. The van der Waals surface area contributed by atoms with Crippen molar-refractivity contribution in [2.75, 3.05) is 6.54 Å². The Morgan fingerprint density at radius 2 is 2.08 bits per heavy atom. The maximum absolute atomic E-state index is 12.1. The fourth-order valence-electron chi connectivity index (χ4n) is 2.74. The number of amides is 2. The number of carbonyl (C=O) groups is 2. The molecule has 0 aliphatic carbocycles. The number of hydrazine groups is 1. The number of nitrogens with zero attached hydrogens (tertiary/aromatic N) is 1. The molecule has 2 heterocycles. The molecule has 2 amide bonds. The number of nitrogens with one attached hydrogen (secondary N) is 2. The minimum atomic E-state index is -0.126. The van der Waals surface area contributed by atoms with Crippen LogP contribution < -0.4 is 10.7 Å². The fraction of sp³-hybridized carbons (Fsp3) is 0.300. The van der Waals surface area contributed by atoms with Crippen LogP contribution in [0.5, 0.6) is 0 Å². The summed E-state index contributed by atoms with van der Waals surface area (Å²) < 4.78 is 5.18. The molecule has 3 rings (SSSR count). The van der Waals surface area contributed by atoms with E-state index in [0.29, 0.717) is 25.3 Å². The molecule has 6 nitrogen and oxygen atoms in total. The molecule has 1 aromatic heterocycles. The summed E-state index contributed by atoms with van der Waals surface area (Å²) in [4.78, 5) is 24.1. The van der Waals surface area contributed by atoms with Gasteiger partial charge in [-0.2, -0.15) is 0 Å². The zero-order valence-electron chi connectivity index (χ0n) is 14.8. The third-order valence-electron chi connectivity index (χ3n) is 4.31. The third-order valence-corrected chi connectivity index (χ3v) is 4.31. The molecule has 1 aliphatic rings. The molecule has 2 N–H and O–H groups in total. The van der Waals surface area contributed by atoms with Gasteiger partial charge in [0.05, 0.1) is 25.0 Å². The van der Waals surface area contributed by atoms with E-state index in [2.05, 4.69) is 29.8 Å². The van der Waals surface area contributed by atoms with Gasteiger partial charge in [0.1, 0.15) is 5.76 Å². The van der Waals surface area contributed by atoms with Crippen molar-refractivity contribution in [1.29, 1.82) is 0 Å². The number of hydrogen-bond donors (Lipinski definition) is 2. The summed E-state index contributed by atoms with van der Waals surface area (Å²) in [6.07, 6.45) is 4.99. The lowest BCUT2D eigenvalue weighted by Gasteiger charge is -2.29. The summed E-state index contributed by atoms with van der Waals surface area (Å²) in [6.45, 7) is 2.78. The molecule has 0 saturated heterocycles. The largest absolute Gasteiger partial charge is 0.467 e. The second kappa shape index (κ2) is 8.38. The average Bonchev–Trinajstić information content (AvgIpc) is 3.19. The van der Waals surface area contributed by atoms with Crippen molar-refractivity contribution in [2.24, 2.45) is 0 Å². The number of carbonyl (C=O) groups excluding carboxylic acids is 2. The second-order valence-corrected chi connectivity index (χ2v) is 6.14. The molecule has 0 spiro atoms. The molecule has 0 radical (unpaired) electrons. The molecular weight excluding hydrogens is 330 g/mol. The molecule has 0 fully saturated rings. The van der Waals surface area contributed by atoms with E-state index in [0.717, 1.165) is 17.7 Å². The monoisotopic (exact) mass is 353 g/mol. The Morgan fingerprint density at radius 3 is 2.77 bits per heavy atom. The average molecular weight is 353 g/mol. The van der Waals surface area contributed by atoms with Gasteiger partial charge in [0, 0.05) is 12.8 Å². The van der Waals surface area contributed by atoms with Crippen molar-refractivity contribution in [3.05, 3.63) is 65.6 Å². The van der Waals surface area contributed by atoms with Crippen LogP contribution in [0.25, 0.3) is 5.70 Å². The van der Waals surface area contributed by atoms with E-state index >= 15 is 0 Å². The van der Waals surface area contributed by atoms with Crippen LogP contribution in [0, 0.1) is 0 Å². The predicted molar refractivity (Wildman–Crippen MR) is 98.4 cm³/mol. The second-order valence-electron chi connectivity index (χ2n) is 6.14. The van der Waals surface area contributed by atoms with Crippen LogP contribution >= 0.6 is 0 Å². The molecule has 1 aromatic carbocycles. The molecule has 2 aromatic rings. The predicted octanol–water partition coefficient (Wildman–Crippen LogP) is 2.63. The van der Waals surface area contributed by atoms with Gasteiger partial charge >= 0.3 is 0 Å². The van der Waals surface area contributed by atoms with Gasteiger partial charge < -0.3 is 9.73 Å². The lowest BCUT2D eigenvalue weighted by Crippen LogP contribution is -2.45. The standard InChI is InChI=1S/C20H23N3O3/c1-2-15-5-7-16(8-6-15)18-9-10-20(25)23(22-18)12-11-19(24)21-14-17-4-3-13-26-17/h3-9,13,22H,2,10-12,14H2,1H3,(H,21,24). The Labute approximate surface area is 152 Å². The van der Waals surface area contributed by atoms with Gasteiger partial charge in [-0.05, 0) is 35.8 Å². The summed E-state index contributed by atoms with van der Waals surface area (Å²) in [5.41, 5.74) is 6.32. The summed E-state index contributed by atoms with van der Waals surface area (Å²) in [5.74, 6) is 0.531. The smallest absolute Gasteiger partial charge is 0.244 e. The first-order chi connectivity index (χ1) is 12.7. The Morgan fingerprint density at radius 1 is 1.27 bits per heavy atom. The normalized spacial score (nSPS) is 14.0. The minimum absolute atomic E-state index is 0.0437. The lowest BCUT2D eigenvalue weighted by atomic mass is 10.1. The van der Waals surface area contributed by atoms with Crippen molar-refractivity contribution >= 4 is 17.5 Å². The fourth-order valence-corrected chi connectivity index (χ4v) is 2.74. The van der Waals surface area contributed by atoms with Gasteiger partial charge in [0.15, 0.2) is 0 Å². The first-order valence-electron chi connectivity index (χ1n) is 8.81. The van der Waals surface area contributed by atoms with Crippen molar-refractivity contribution < 1.29 is 14.0 Å². The van der Waals surface area contributed by atoms with E-state index in [4.69, 9.17) is 4.42 Å². The quantitative estimate of drug-likeness (QED) is 0.802. The molecule has 26 heavy (non-hydrogen) atoms. The van der Waals surface area contributed by atoms with E-state index in [-0.39, 0.29) is 18.2 Å². The first kappa shape index (κ1) is 17.8. The van der Waals surface area contributed by atoms with Gasteiger partial charge in [-0.15, -0.1) is 0 Å². The van der Waals surface area contributed by atoms with E-state index in [1.54, 1.807) is 18.4 Å². The van der Waals surface area contributed by atoms with Crippen LogP contribution in [0.4, 0.5) is 0 Å². The number of rotatable bonds is 7.